The highest BCUT2D eigenvalue weighted by atomic mass is 79.9. The monoisotopic (exact) mass is 285 g/mol. The molecule has 0 aromatic carbocycles. The van der Waals surface area contributed by atoms with Crippen LogP contribution in [0.15, 0.2) is 16.7 Å². The van der Waals surface area contributed by atoms with E-state index in [9.17, 15) is 4.79 Å². The minimum Gasteiger partial charge on any atom is -0.323 e. The van der Waals surface area contributed by atoms with Crippen LogP contribution in [-0.4, -0.2) is 16.9 Å². The molecule has 0 fully saturated rings. The lowest BCUT2D eigenvalue weighted by Crippen LogP contribution is -2.35. The fraction of sp³-hybridized carbons (Fsp3) is 0.455. The Bertz CT molecular complexity index is 381. The Labute approximate surface area is 104 Å². The molecule has 88 valence electrons. The number of pyridine rings is 1. The fourth-order valence-corrected chi connectivity index (χ4v) is 1.73. The van der Waals surface area contributed by atoms with Gasteiger partial charge in [0, 0.05) is 0 Å². The number of anilines is 1. The number of nitrogens with zero attached hydrogens (tertiary/aromatic N) is 1. The molecule has 1 rings (SSSR count). The molecule has 1 heterocycles. The molecule has 0 bridgehead atoms. The Hall–Kier alpha value is -0.940. The molecule has 0 unspecified atom stereocenters. The SMILES string of the molecule is CCC[C@H](N)C(=O)Nc1ccc(Br)nc1C. The highest BCUT2D eigenvalue weighted by Crippen LogP contribution is 2.16. The van der Waals surface area contributed by atoms with Crippen LogP contribution in [0, 0.1) is 6.92 Å². The fourth-order valence-electron chi connectivity index (χ4n) is 1.33. The van der Waals surface area contributed by atoms with Crippen molar-refractivity contribution in [2.24, 2.45) is 5.73 Å². The second kappa shape index (κ2) is 5.96. The summed E-state index contributed by atoms with van der Waals surface area (Å²) < 4.78 is 0.751. The van der Waals surface area contributed by atoms with Gasteiger partial charge in [0.15, 0.2) is 0 Å². The number of halogens is 1. The number of aromatic nitrogens is 1. The minimum absolute atomic E-state index is 0.158. The van der Waals surface area contributed by atoms with Crippen LogP contribution in [0.25, 0.3) is 0 Å². The molecular formula is C11H16BrN3O. The maximum atomic E-state index is 11.7. The molecule has 1 aromatic rings. The van der Waals surface area contributed by atoms with E-state index >= 15 is 0 Å². The number of hydrogen-bond donors (Lipinski definition) is 2. The summed E-state index contributed by atoms with van der Waals surface area (Å²) in [6.07, 6.45) is 1.58. The molecule has 4 nitrogen and oxygen atoms in total. The number of nitrogens with two attached hydrogens (primary N) is 1. The van der Waals surface area contributed by atoms with E-state index in [1.807, 2.05) is 19.9 Å². The second-order valence-electron chi connectivity index (χ2n) is 3.65. The normalized spacial score (nSPS) is 12.2. The molecule has 3 N–H and O–H groups in total. The third-order valence-electron chi connectivity index (χ3n) is 2.25. The minimum atomic E-state index is -0.451. The molecule has 16 heavy (non-hydrogen) atoms. The first-order chi connectivity index (χ1) is 7.54. The standard InChI is InChI=1S/C11H16BrN3O/c1-3-4-8(13)11(16)15-9-5-6-10(12)14-7(9)2/h5-6,8H,3-4,13H2,1-2H3,(H,15,16)/t8-/m0/s1. The molecule has 0 aliphatic rings. The lowest BCUT2D eigenvalue weighted by atomic mass is 10.1. The van der Waals surface area contributed by atoms with Gasteiger partial charge in [0.25, 0.3) is 0 Å². The van der Waals surface area contributed by atoms with E-state index in [-0.39, 0.29) is 5.91 Å². The predicted molar refractivity (Wildman–Crippen MR) is 68.2 cm³/mol. The summed E-state index contributed by atoms with van der Waals surface area (Å²) in [6, 6.07) is 3.14. The third-order valence-corrected chi connectivity index (χ3v) is 2.69. The van der Waals surface area contributed by atoms with Gasteiger partial charge < -0.3 is 11.1 Å². The molecule has 5 heteroatoms. The van der Waals surface area contributed by atoms with Crippen LogP contribution in [0.1, 0.15) is 25.5 Å². The van der Waals surface area contributed by atoms with Crippen molar-refractivity contribution in [3.05, 3.63) is 22.4 Å². The molecule has 0 saturated carbocycles. The average Bonchev–Trinajstić information content (AvgIpc) is 2.22. The summed E-state index contributed by atoms with van der Waals surface area (Å²) in [5.74, 6) is -0.158. The first-order valence-electron chi connectivity index (χ1n) is 5.24. The van der Waals surface area contributed by atoms with Gasteiger partial charge in [-0.3, -0.25) is 4.79 Å². The first-order valence-corrected chi connectivity index (χ1v) is 6.03. The van der Waals surface area contributed by atoms with Gasteiger partial charge in [-0.15, -0.1) is 0 Å². The molecule has 0 spiro atoms. The van der Waals surface area contributed by atoms with Gasteiger partial charge in [-0.2, -0.15) is 0 Å². The Morgan fingerprint density at radius 3 is 2.88 bits per heavy atom. The molecule has 0 aliphatic carbocycles. The number of amides is 1. The zero-order chi connectivity index (χ0) is 12.1. The Kier molecular flexibility index (Phi) is 4.89. The van der Waals surface area contributed by atoms with Crippen LogP contribution >= 0.6 is 15.9 Å². The van der Waals surface area contributed by atoms with Gasteiger partial charge >= 0.3 is 0 Å². The van der Waals surface area contributed by atoms with Crippen LogP contribution in [0.5, 0.6) is 0 Å². The summed E-state index contributed by atoms with van der Waals surface area (Å²) in [6.45, 7) is 3.84. The van der Waals surface area contributed by atoms with Gasteiger partial charge in [-0.1, -0.05) is 13.3 Å². The maximum absolute atomic E-state index is 11.7. The van der Waals surface area contributed by atoms with Crippen LogP contribution in [0.4, 0.5) is 5.69 Å². The van der Waals surface area contributed by atoms with Crippen molar-refractivity contribution < 1.29 is 4.79 Å². The van der Waals surface area contributed by atoms with E-state index in [0.29, 0.717) is 12.1 Å². The largest absolute Gasteiger partial charge is 0.323 e. The Morgan fingerprint density at radius 1 is 1.62 bits per heavy atom. The van der Waals surface area contributed by atoms with Crippen molar-refractivity contribution in [3.63, 3.8) is 0 Å². The number of carbonyl (C=O) groups is 1. The van der Waals surface area contributed by atoms with Crippen molar-refractivity contribution in [2.45, 2.75) is 32.7 Å². The van der Waals surface area contributed by atoms with E-state index < -0.39 is 6.04 Å². The third kappa shape index (κ3) is 3.57. The molecule has 0 aliphatic heterocycles. The average molecular weight is 286 g/mol. The van der Waals surface area contributed by atoms with Gasteiger partial charge in [-0.05, 0) is 41.4 Å². The van der Waals surface area contributed by atoms with Gasteiger partial charge in [0.1, 0.15) is 4.60 Å². The van der Waals surface area contributed by atoms with Gasteiger partial charge in [0.05, 0.1) is 17.4 Å². The van der Waals surface area contributed by atoms with Crippen LogP contribution in [0.3, 0.4) is 0 Å². The van der Waals surface area contributed by atoms with E-state index in [1.54, 1.807) is 6.07 Å². The summed E-state index contributed by atoms with van der Waals surface area (Å²) in [5.41, 5.74) is 7.19. The zero-order valence-electron chi connectivity index (χ0n) is 9.46. The number of hydrogen-bond acceptors (Lipinski definition) is 3. The summed E-state index contributed by atoms with van der Waals surface area (Å²) >= 11 is 3.27. The number of aryl methyl sites for hydroxylation is 1. The van der Waals surface area contributed by atoms with E-state index in [4.69, 9.17) is 5.73 Å². The van der Waals surface area contributed by atoms with Gasteiger partial charge in [-0.25, -0.2) is 4.98 Å². The van der Waals surface area contributed by atoms with E-state index in [1.165, 1.54) is 0 Å². The number of rotatable bonds is 4. The van der Waals surface area contributed by atoms with Crippen LogP contribution in [0.2, 0.25) is 0 Å². The molecule has 1 aromatic heterocycles. The van der Waals surface area contributed by atoms with Crippen molar-refractivity contribution in [1.29, 1.82) is 0 Å². The smallest absolute Gasteiger partial charge is 0.241 e. The summed E-state index contributed by atoms with van der Waals surface area (Å²) in [5, 5.41) is 2.77. The Morgan fingerprint density at radius 2 is 2.31 bits per heavy atom. The van der Waals surface area contributed by atoms with Gasteiger partial charge in [0.2, 0.25) is 5.91 Å². The predicted octanol–water partition coefficient (Wildman–Crippen LogP) is 2.22. The Balaban J connectivity index is 2.69. The van der Waals surface area contributed by atoms with E-state index in [2.05, 4.69) is 26.2 Å². The lowest BCUT2D eigenvalue weighted by molar-refractivity contribution is -0.117. The maximum Gasteiger partial charge on any atom is 0.241 e. The molecule has 1 atom stereocenters. The van der Waals surface area contributed by atoms with Crippen molar-refractivity contribution in [3.8, 4) is 0 Å². The molecule has 0 radical (unpaired) electrons. The zero-order valence-corrected chi connectivity index (χ0v) is 11.0. The van der Waals surface area contributed by atoms with Crippen molar-refractivity contribution >= 4 is 27.5 Å². The first kappa shape index (κ1) is 13.1. The van der Waals surface area contributed by atoms with E-state index in [0.717, 1.165) is 16.7 Å². The lowest BCUT2D eigenvalue weighted by Gasteiger charge is -2.12. The molecular weight excluding hydrogens is 270 g/mol. The van der Waals surface area contributed by atoms with Crippen molar-refractivity contribution in [2.75, 3.05) is 5.32 Å². The summed E-state index contributed by atoms with van der Waals surface area (Å²) in [7, 11) is 0. The summed E-state index contributed by atoms with van der Waals surface area (Å²) in [4.78, 5) is 15.9. The van der Waals surface area contributed by atoms with Crippen LogP contribution < -0.4 is 11.1 Å². The highest BCUT2D eigenvalue weighted by molar-refractivity contribution is 9.10. The van der Waals surface area contributed by atoms with Crippen molar-refractivity contribution in [1.82, 2.24) is 4.98 Å². The number of nitrogens with one attached hydrogen (secondary N) is 1. The highest BCUT2D eigenvalue weighted by Gasteiger charge is 2.13. The quantitative estimate of drug-likeness (QED) is 0.834. The molecule has 0 saturated heterocycles. The molecule has 1 amide bonds. The van der Waals surface area contributed by atoms with Crippen LogP contribution in [-0.2, 0) is 4.79 Å². The number of carbonyl (C=O) groups excluding carboxylic acids is 1. The second-order valence-corrected chi connectivity index (χ2v) is 4.46. The topological polar surface area (TPSA) is 68.0 Å².